The van der Waals surface area contributed by atoms with Crippen LogP contribution in [0, 0.1) is 19.8 Å². The lowest BCUT2D eigenvalue weighted by molar-refractivity contribution is 0.0699. The Bertz CT molecular complexity index is 977. The van der Waals surface area contributed by atoms with Gasteiger partial charge in [0.05, 0.1) is 23.4 Å². The molecule has 3 rings (SSSR count). The molecule has 0 atom stereocenters. The smallest absolute Gasteiger partial charge is 0.336 e. The van der Waals surface area contributed by atoms with Crippen molar-refractivity contribution in [2.75, 3.05) is 6.61 Å². The summed E-state index contributed by atoms with van der Waals surface area (Å²) in [5.74, 6) is 0.244. The second-order valence-electron chi connectivity index (χ2n) is 7.07. The van der Waals surface area contributed by atoms with Crippen molar-refractivity contribution in [1.82, 2.24) is 4.98 Å². The molecule has 26 heavy (non-hydrogen) atoms. The second-order valence-corrected chi connectivity index (χ2v) is 7.07. The van der Waals surface area contributed by atoms with Crippen molar-refractivity contribution in [3.05, 3.63) is 59.2 Å². The number of carbonyl (C=O) groups is 1. The number of carboxylic acid groups (broad SMARTS) is 1. The molecule has 1 heterocycles. The zero-order valence-electron chi connectivity index (χ0n) is 15.5. The van der Waals surface area contributed by atoms with E-state index in [1.165, 1.54) is 0 Å². The van der Waals surface area contributed by atoms with E-state index >= 15 is 0 Å². The number of hydrogen-bond donors (Lipinski definition) is 1. The van der Waals surface area contributed by atoms with E-state index in [0.29, 0.717) is 23.6 Å². The Hall–Kier alpha value is -2.88. The predicted molar refractivity (Wildman–Crippen MR) is 104 cm³/mol. The molecule has 0 amide bonds. The maximum atomic E-state index is 11.8. The topological polar surface area (TPSA) is 59.4 Å². The van der Waals surface area contributed by atoms with Gasteiger partial charge in [0.15, 0.2) is 0 Å². The lowest BCUT2D eigenvalue weighted by Crippen LogP contribution is -2.04. The fraction of sp³-hybridized carbons (Fsp3) is 0.273. The van der Waals surface area contributed by atoms with Gasteiger partial charge < -0.3 is 9.84 Å². The van der Waals surface area contributed by atoms with Crippen molar-refractivity contribution < 1.29 is 14.6 Å². The average Bonchev–Trinajstić information content (AvgIpc) is 2.59. The standard InChI is InChI=1S/C22H23NO3/c1-13(2)12-26-17-7-5-6-16(10-17)20-11-19(22(24)25)18-9-14(3)8-15(4)21(18)23-20/h5-11,13H,12H2,1-4H3,(H,24,25). The van der Waals surface area contributed by atoms with Crippen molar-refractivity contribution in [1.29, 1.82) is 0 Å². The van der Waals surface area contributed by atoms with Gasteiger partial charge in [-0.25, -0.2) is 9.78 Å². The molecule has 0 saturated heterocycles. The fourth-order valence-electron chi connectivity index (χ4n) is 3.01. The van der Waals surface area contributed by atoms with E-state index in [1.807, 2.05) is 50.2 Å². The van der Waals surface area contributed by atoms with Gasteiger partial charge in [-0.1, -0.05) is 37.6 Å². The van der Waals surface area contributed by atoms with Gasteiger partial charge in [0.25, 0.3) is 0 Å². The molecule has 0 radical (unpaired) electrons. The third-order valence-corrected chi connectivity index (χ3v) is 4.19. The fourth-order valence-corrected chi connectivity index (χ4v) is 3.01. The number of pyridine rings is 1. The first-order valence-corrected chi connectivity index (χ1v) is 8.73. The highest BCUT2D eigenvalue weighted by atomic mass is 16.5. The van der Waals surface area contributed by atoms with Crippen LogP contribution in [0.3, 0.4) is 0 Å². The van der Waals surface area contributed by atoms with E-state index in [0.717, 1.165) is 28.0 Å². The molecule has 3 aromatic rings. The van der Waals surface area contributed by atoms with Crippen LogP contribution in [-0.2, 0) is 0 Å². The molecule has 1 aromatic heterocycles. The summed E-state index contributed by atoms with van der Waals surface area (Å²) in [6.45, 7) is 8.74. The minimum atomic E-state index is -0.948. The second kappa shape index (κ2) is 7.16. The molecular weight excluding hydrogens is 326 g/mol. The Morgan fingerprint density at radius 3 is 2.62 bits per heavy atom. The van der Waals surface area contributed by atoms with Crippen LogP contribution in [0.1, 0.15) is 35.3 Å². The van der Waals surface area contributed by atoms with Gasteiger partial charge in [0, 0.05) is 10.9 Å². The van der Waals surface area contributed by atoms with Crippen molar-refractivity contribution in [2.24, 2.45) is 5.92 Å². The van der Waals surface area contributed by atoms with Gasteiger partial charge in [0.1, 0.15) is 5.75 Å². The summed E-state index contributed by atoms with van der Waals surface area (Å²) >= 11 is 0. The van der Waals surface area contributed by atoms with Crippen LogP contribution in [0.4, 0.5) is 0 Å². The summed E-state index contributed by atoms with van der Waals surface area (Å²) in [4.78, 5) is 16.6. The van der Waals surface area contributed by atoms with E-state index < -0.39 is 5.97 Å². The first-order valence-electron chi connectivity index (χ1n) is 8.73. The summed E-state index contributed by atoms with van der Waals surface area (Å²) in [6, 6.07) is 13.2. The molecule has 2 aromatic carbocycles. The maximum Gasteiger partial charge on any atom is 0.336 e. The molecular formula is C22H23NO3. The summed E-state index contributed by atoms with van der Waals surface area (Å²) in [7, 11) is 0. The highest BCUT2D eigenvalue weighted by molar-refractivity contribution is 6.04. The Labute approximate surface area is 153 Å². The zero-order chi connectivity index (χ0) is 18.8. The molecule has 0 aliphatic carbocycles. The molecule has 1 N–H and O–H groups in total. The van der Waals surface area contributed by atoms with Crippen molar-refractivity contribution in [3.63, 3.8) is 0 Å². The Kier molecular flexibility index (Phi) is 4.94. The van der Waals surface area contributed by atoms with Gasteiger partial charge in [0.2, 0.25) is 0 Å². The minimum absolute atomic E-state index is 0.269. The maximum absolute atomic E-state index is 11.8. The number of aryl methyl sites for hydroxylation is 2. The number of aromatic carboxylic acids is 1. The summed E-state index contributed by atoms with van der Waals surface area (Å²) < 4.78 is 5.79. The molecule has 0 spiro atoms. The monoisotopic (exact) mass is 349 g/mol. The predicted octanol–water partition coefficient (Wildman–Crippen LogP) is 5.25. The largest absolute Gasteiger partial charge is 0.493 e. The number of nitrogens with zero attached hydrogens (tertiary/aromatic N) is 1. The van der Waals surface area contributed by atoms with Crippen molar-refractivity contribution in [3.8, 4) is 17.0 Å². The highest BCUT2D eigenvalue weighted by Crippen LogP contribution is 2.29. The Balaban J connectivity index is 2.14. The summed E-state index contributed by atoms with van der Waals surface area (Å²) in [5.41, 5.74) is 4.46. The normalized spacial score (nSPS) is 11.1. The average molecular weight is 349 g/mol. The summed E-state index contributed by atoms with van der Waals surface area (Å²) in [5, 5.41) is 10.4. The van der Waals surface area contributed by atoms with Crippen LogP contribution in [0.25, 0.3) is 22.2 Å². The van der Waals surface area contributed by atoms with Gasteiger partial charge in [-0.2, -0.15) is 0 Å². The van der Waals surface area contributed by atoms with Crippen LogP contribution in [0.5, 0.6) is 5.75 Å². The molecule has 4 heteroatoms. The van der Waals surface area contributed by atoms with Crippen LogP contribution in [0.2, 0.25) is 0 Å². The molecule has 4 nitrogen and oxygen atoms in total. The summed E-state index contributed by atoms with van der Waals surface area (Å²) in [6.07, 6.45) is 0. The van der Waals surface area contributed by atoms with Crippen molar-refractivity contribution >= 4 is 16.9 Å². The third kappa shape index (κ3) is 3.69. The Morgan fingerprint density at radius 2 is 1.92 bits per heavy atom. The van der Waals surface area contributed by atoms with Gasteiger partial charge in [-0.05, 0) is 49.6 Å². The van der Waals surface area contributed by atoms with E-state index in [2.05, 4.69) is 13.8 Å². The van der Waals surface area contributed by atoms with E-state index in [9.17, 15) is 9.90 Å². The third-order valence-electron chi connectivity index (χ3n) is 4.19. The number of benzene rings is 2. The van der Waals surface area contributed by atoms with E-state index in [-0.39, 0.29) is 5.56 Å². The molecule has 0 aliphatic rings. The lowest BCUT2D eigenvalue weighted by Gasteiger charge is -2.12. The SMILES string of the molecule is Cc1cc(C)c2nc(-c3cccc(OCC(C)C)c3)cc(C(=O)O)c2c1. The molecule has 0 aliphatic heterocycles. The number of aromatic nitrogens is 1. The Morgan fingerprint density at radius 1 is 1.15 bits per heavy atom. The quantitative estimate of drug-likeness (QED) is 0.683. The number of rotatable bonds is 5. The first-order chi connectivity index (χ1) is 12.3. The molecule has 0 bridgehead atoms. The van der Waals surface area contributed by atoms with E-state index in [1.54, 1.807) is 6.07 Å². The van der Waals surface area contributed by atoms with E-state index in [4.69, 9.17) is 9.72 Å². The van der Waals surface area contributed by atoms with Crippen LogP contribution >= 0.6 is 0 Å². The molecule has 134 valence electrons. The number of carboxylic acids is 1. The molecule has 0 fully saturated rings. The van der Waals surface area contributed by atoms with Crippen LogP contribution in [-0.4, -0.2) is 22.7 Å². The van der Waals surface area contributed by atoms with Crippen LogP contribution in [0.15, 0.2) is 42.5 Å². The number of ether oxygens (including phenoxy) is 1. The minimum Gasteiger partial charge on any atom is -0.493 e. The van der Waals surface area contributed by atoms with Gasteiger partial charge in [-0.3, -0.25) is 0 Å². The lowest BCUT2D eigenvalue weighted by atomic mass is 10.00. The van der Waals surface area contributed by atoms with Crippen molar-refractivity contribution in [2.45, 2.75) is 27.7 Å². The molecule has 0 unspecified atom stereocenters. The van der Waals surface area contributed by atoms with Crippen LogP contribution < -0.4 is 4.74 Å². The number of hydrogen-bond acceptors (Lipinski definition) is 3. The van der Waals surface area contributed by atoms with Gasteiger partial charge >= 0.3 is 5.97 Å². The zero-order valence-corrected chi connectivity index (χ0v) is 15.5. The first kappa shape index (κ1) is 17.9. The van der Waals surface area contributed by atoms with Gasteiger partial charge in [-0.15, -0.1) is 0 Å². The molecule has 0 saturated carbocycles. The number of fused-ring (bicyclic) bond motifs is 1. The highest BCUT2D eigenvalue weighted by Gasteiger charge is 2.15.